The first-order valence-electron chi connectivity index (χ1n) is 17.3. The van der Waals surface area contributed by atoms with Crippen LogP contribution >= 0.6 is 0 Å². The molecule has 0 aliphatic carbocycles. The van der Waals surface area contributed by atoms with Crippen LogP contribution in [0, 0.1) is 5.92 Å². The van der Waals surface area contributed by atoms with E-state index in [1.807, 2.05) is 37.3 Å². The smallest absolute Gasteiger partial charge is 0.305 e. The van der Waals surface area contributed by atoms with Crippen molar-refractivity contribution in [3.63, 3.8) is 0 Å². The molecule has 0 radical (unpaired) electrons. The Hall–Kier alpha value is -3.65. The van der Waals surface area contributed by atoms with Gasteiger partial charge in [-0.2, -0.15) is 0 Å². The summed E-state index contributed by atoms with van der Waals surface area (Å²) >= 11 is 0. The van der Waals surface area contributed by atoms with Gasteiger partial charge in [0, 0.05) is 48.8 Å². The van der Waals surface area contributed by atoms with Crippen molar-refractivity contribution < 1.29 is 37.9 Å². The predicted molar refractivity (Wildman–Crippen MR) is 186 cm³/mol. The number of esters is 1. The number of rotatable bonds is 14. The topological polar surface area (TPSA) is 138 Å². The number of nitrogens with one attached hydrogen (secondary N) is 2. The summed E-state index contributed by atoms with van der Waals surface area (Å²) in [6, 6.07) is 14.4. The second-order valence-electron chi connectivity index (χ2n) is 13.9. The van der Waals surface area contributed by atoms with Gasteiger partial charge in [-0.05, 0) is 69.1 Å². The van der Waals surface area contributed by atoms with Crippen molar-refractivity contribution in [2.75, 3.05) is 43.6 Å². The van der Waals surface area contributed by atoms with Gasteiger partial charge in [0.2, 0.25) is 20.2 Å². The fraction of sp³-hybridized carbons (Fsp3) is 0.556. The molecule has 1 spiro atoms. The summed E-state index contributed by atoms with van der Waals surface area (Å²) in [6.07, 6.45) is 1.81. The Morgan fingerprint density at radius 3 is 2.59 bits per heavy atom. The third-order valence-corrected chi connectivity index (χ3v) is 12.6. The minimum atomic E-state index is -3.56. The van der Waals surface area contributed by atoms with E-state index >= 15 is 4.11 Å². The standard InChI is InChI=1S/C36H49FN4O7Si/c1-24-33(49(3,4)37)30(22-31(43)40(19-20-42)23-25-11-6-5-7-12-25)48-36(24)27-21-26(39-34(45)28-13-10-17-38-28)15-16-29(27)41(35(36)46)18-9-8-14-32(44)47-2/h5-7,11-12,15-16,21,24,28,30,33,38,42H,8-10,13-14,17-20,22-23H2,1-4H3,(H,39,45)/t24-,28-,30+,33-,36+/m1/s1. The quantitative estimate of drug-likeness (QED) is 0.115. The number of anilines is 2. The number of unbranched alkanes of at least 4 members (excludes halogenated alkanes) is 1. The van der Waals surface area contributed by atoms with Gasteiger partial charge < -0.3 is 39.1 Å². The second kappa shape index (κ2) is 15.5. The average molecular weight is 697 g/mol. The summed E-state index contributed by atoms with van der Waals surface area (Å²) in [4.78, 5) is 56.5. The number of benzene rings is 2. The highest BCUT2D eigenvalue weighted by molar-refractivity contribution is 6.72. The first kappa shape index (κ1) is 36.6. The van der Waals surface area contributed by atoms with E-state index in [1.165, 1.54) is 7.11 Å². The summed E-state index contributed by atoms with van der Waals surface area (Å²) in [5, 5.41) is 16.0. The molecule has 266 valence electrons. The number of methoxy groups -OCH3 is 1. The van der Waals surface area contributed by atoms with Crippen LogP contribution in [0.5, 0.6) is 0 Å². The lowest BCUT2D eigenvalue weighted by molar-refractivity contribution is -0.149. The SMILES string of the molecule is COC(=O)CCCCN1C(=O)[C@@]2(O[C@@H](CC(=O)N(CCO)Cc3ccccc3)[C@H]([Si](C)(C)F)[C@H]2C)c2cc(NC(=O)[C@H]3CCCN3)ccc21. The van der Waals surface area contributed by atoms with Crippen LogP contribution in [0.1, 0.15) is 56.6 Å². The van der Waals surface area contributed by atoms with Crippen LogP contribution in [0.3, 0.4) is 0 Å². The molecular weight excluding hydrogens is 648 g/mol. The number of halogens is 1. The molecule has 3 aliphatic rings. The zero-order valence-electron chi connectivity index (χ0n) is 28.9. The number of nitrogens with zero attached hydrogens (tertiary/aromatic N) is 2. The molecule has 13 heteroatoms. The third kappa shape index (κ3) is 7.74. The highest BCUT2D eigenvalue weighted by Gasteiger charge is 2.67. The Morgan fingerprint density at radius 2 is 1.94 bits per heavy atom. The Bertz CT molecular complexity index is 1520. The Labute approximate surface area is 288 Å². The number of carbonyl (C=O) groups is 4. The van der Waals surface area contributed by atoms with Gasteiger partial charge in [-0.3, -0.25) is 19.2 Å². The Kier molecular flexibility index (Phi) is 11.6. The van der Waals surface area contributed by atoms with Crippen LogP contribution < -0.4 is 15.5 Å². The van der Waals surface area contributed by atoms with Crippen molar-refractivity contribution in [3.05, 3.63) is 59.7 Å². The molecule has 3 amide bonds. The molecule has 0 unspecified atom stereocenters. The molecule has 11 nitrogen and oxygen atoms in total. The van der Waals surface area contributed by atoms with Crippen LogP contribution in [0.25, 0.3) is 0 Å². The molecule has 0 aromatic heterocycles. The molecule has 0 saturated carbocycles. The molecule has 5 rings (SSSR count). The summed E-state index contributed by atoms with van der Waals surface area (Å²) in [5.41, 5.74) is 0.228. The Morgan fingerprint density at radius 1 is 1.18 bits per heavy atom. The van der Waals surface area contributed by atoms with Crippen molar-refractivity contribution in [1.29, 1.82) is 0 Å². The fourth-order valence-electron chi connectivity index (χ4n) is 7.84. The van der Waals surface area contributed by atoms with E-state index in [2.05, 4.69) is 10.6 Å². The molecule has 3 heterocycles. The van der Waals surface area contributed by atoms with Crippen molar-refractivity contribution in [1.82, 2.24) is 10.2 Å². The van der Waals surface area contributed by atoms with Gasteiger partial charge in [0.1, 0.15) is 0 Å². The van der Waals surface area contributed by atoms with Crippen LogP contribution in [0.2, 0.25) is 18.6 Å². The van der Waals surface area contributed by atoms with Crippen LogP contribution in [0.4, 0.5) is 15.5 Å². The van der Waals surface area contributed by atoms with E-state index < -0.39 is 31.6 Å². The van der Waals surface area contributed by atoms with Gasteiger partial charge in [0.05, 0.1) is 38.0 Å². The van der Waals surface area contributed by atoms with Gasteiger partial charge in [-0.1, -0.05) is 37.3 Å². The lowest BCUT2D eigenvalue weighted by Gasteiger charge is -2.31. The molecule has 3 N–H and O–H groups in total. The number of amides is 3. The summed E-state index contributed by atoms with van der Waals surface area (Å²) < 4.78 is 28.0. The van der Waals surface area contributed by atoms with Crippen molar-refractivity contribution in [2.45, 2.75) is 88.4 Å². The van der Waals surface area contributed by atoms with E-state index in [0.29, 0.717) is 36.3 Å². The largest absolute Gasteiger partial charge is 0.469 e. The van der Waals surface area contributed by atoms with Crippen LogP contribution in [-0.2, 0) is 40.8 Å². The number of hydrogen-bond acceptors (Lipinski definition) is 8. The van der Waals surface area contributed by atoms with E-state index in [1.54, 1.807) is 41.1 Å². The maximum atomic E-state index is 16.4. The van der Waals surface area contributed by atoms with Gasteiger partial charge in [-0.15, -0.1) is 0 Å². The van der Waals surface area contributed by atoms with Gasteiger partial charge in [-0.25, -0.2) is 0 Å². The summed E-state index contributed by atoms with van der Waals surface area (Å²) in [7, 11) is -2.23. The number of fused-ring (bicyclic) bond motifs is 2. The first-order valence-corrected chi connectivity index (χ1v) is 20.2. The molecule has 3 aliphatic heterocycles. The van der Waals surface area contributed by atoms with Crippen LogP contribution in [-0.4, -0.2) is 87.6 Å². The highest BCUT2D eigenvalue weighted by atomic mass is 28.4. The minimum Gasteiger partial charge on any atom is -0.469 e. The normalized spacial score (nSPS) is 24.7. The number of ether oxygens (including phenoxy) is 2. The lowest BCUT2D eigenvalue weighted by atomic mass is 9.82. The molecule has 49 heavy (non-hydrogen) atoms. The average Bonchev–Trinajstić information content (AvgIpc) is 3.77. The zero-order valence-corrected chi connectivity index (χ0v) is 29.9. The fourth-order valence-corrected chi connectivity index (χ4v) is 10.3. The maximum absolute atomic E-state index is 16.4. The van der Waals surface area contributed by atoms with E-state index in [9.17, 15) is 24.3 Å². The van der Waals surface area contributed by atoms with Crippen molar-refractivity contribution >= 4 is 43.5 Å². The molecule has 5 atom stereocenters. The maximum Gasteiger partial charge on any atom is 0.305 e. The molecule has 2 aromatic rings. The Balaban J connectivity index is 1.48. The summed E-state index contributed by atoms with van der Waals surface area (Å²) in [5.74, 6) is -1.78. The predicted octanol–water partition coefficient (Wildman–Crippen LogP) is 4.25. The molecule has 0 bridgehead atoms. The van der Waals surface area contributed by atoms with E-state index in [0.717, 1.165) is 24.9 Å². The first-order chi connectivity index (χ1) is 23.4. The highest BCUT2D eigenvalue weighted by Crippen LogP contribution is 2.60. The van der Waals surface area contributed by atoms with Crippen molar-refractivity contribution in [2.24, 2.45) is 5.92 Å². The number of hydrogen-bond donors (Lipinski definition) is 3. The summed E-state index contributed by atoms with van der Waals surface area (Å²) in [6.45, 7) is 6.19. The van der Waals surface area contributed by atoms with E-state index in [-0.39, 0.29) is 62.3 Å². The van der Waals surface area contributed by atoms with Crippen molar-refractivity contribution in [3.8, 4) is 0 Å². The molecule has 2 fully saturated rings. The molecule has 2 aromatic carbocycles. The molecule has 2 saturated heterocycles. The van der Waals surface area contributed by atoms with E-state index in [4.69, 9.17) is 9.47 Å². The number of aliphatic hydroxyl groups is 1. The van der Waals surface area contributed by atoms with Gasteiger partial charge >= 0.3 is 5.97 Å². The third-order valence-electron chi connectivity index (χ3n) is 10.2. The number of aliphatic hydroxyl groups excluding tert-OH is 1. The lowest BCUT2D eigenvalue weighted by Crippen LogP contribution is -2.45. The number of carbonyl (C=O) groups excluding carboxylic acids is 4. The minimum absolute atomic E-state index is 0.0995. The van der Waals surface area contributed by atoms with Crippen LogP contribution in [0.15, 0.2) is 48.5 Å². The van der Waals surface area contributed by atoms with Gasteiger partial charge in [0.15, 0.2) is 5.60 Å². The monoisotopic (exact) mass is 696 g/mol. The zero-order chi connectivity index (χ0) is 35.3. The molecular formula is C36H49FN4O7Si. The second-order valence-corrected chi connectivity index (χ2v) is 17.7. The van der Waals surface area contributed by atoms with Gasteiger partial charge in [0.25, 0.3) is 5.91 Å².